The summed E-state index contributed by atoms with van der Waals surface area (Å²) >= 11 is 0. The maximum absolute atomic E-state index is 9.89. The van der Waals surface area contributed by atoms with E-state index in [0.717, 1.165) is 17.7 Å². The van der Waals surface area contributed by atoms with E-state index in [2.05, 4.69) is 38.2 Å². The molecule has 1 rings (SSSR count). The molecule has 0 fully saturated rings. The number of hydrogen-bond acceptors (Lipinski definition) is 3. The lowest BCUT2D eigenvalue weighted by molar-refractivity contribution is 0.189. The van der Waals surface area contributed by atoms with Crippen molar-refractivity contribution in [2.24, 2.45) is 0 Å². The van der Waals surface area contributed by atoms with E-state index in [1.165, 1.54) is 0 Å². The average molecular weight is 236 g/mol. The zero-order valence-corrected chi connectivity index (χ0v) is 11.5. The molecule has 0 saturated carbocycles. The monoisotopic (exact) mass is 236 g/mol. The van der Waals surface area contributed by atoms with Crippen LogP contribution in [0.4, 0.5) is 0 Å². The number of rotatable bonds is 5. The van der Waals surface area contributed by atoms with Crippen molar-refractivity contribution >= 4 is 0 Å². The van der Waals surface area contributed by atoms with Crippen LogP contribution in [0.2, 0.25) is 0 Å². The largest absolute Gasteiger partial charge is 0.507 e. The Morgan fingerprint density at radius 3 is 2.53 bits per heavy atom. The van der Waals surface area contributed by atoms with E-state index < -0.39 is 0 Å². The van der Waals surface area contributed by atoms with E-state index in [0.29, 0.717) is 12.3 Å². The van der Waals surface area contributed by atoms with Crippen LogP contribution in [0, 0.1) is 6.92 Å². The van der Waals surface area contributed by atoms with Gasteiger partial charge < -0.3 is 15.3 Å². The highest BCUT2D eigenvalue weighted by Crippen LogP contribution is 2.21. The van der Waals surface area contributed by atoms with Crippen LogP contribution in [0.25, 0.3) is 0 Å². The van der Waals surface area contributed by atoms with Gasteiger partial charge in [-0.2, -0.15) is 0 Å². The highest BCUT2D eigenvalue weighted by Gasteiger charge is 2.19. The number of para-hydroxylation sites is 1. The SMILES string of the molecule is Cc1cccc(CNCC(C)(C)N(C)C)c1O. The lowest BCUT2D eigenvalue weighted by atomic mass is 10.0. The topological polar surface area (TPSA) is 35.5 Å². The Kier molecular flexibility index (Phi) is 4.54. The zero-order chi connectivity index (χ0) is 13.1. The minimum atomic E-state index is 0.111. The van der Waals surface area contributed by atoms with Crippen LogP contribution in [-0.4, -0.2) is 36.2 Å². The van der Waals surface area contributed by atoms with Gasteiger partial charge >= 0.3 is 0 Å². The minimum Gasteiger partial charge on any atom is -0.507 e. The molecule has 0 aliphatic carbocycles. The molecule has 1 aromatic carbocycles. The van der Waals surface area contributed by atoms with Crippen molar-refractivity contribution in [1.29, 1.82) is 0 Å². The van der Waals surface area contributed by atoms with E-state index in [1.54, 1.807) is 0 Å². The summed E-state index contributed by atoms with van der Waals surface area (Å²) in [6.07, 6.45) is 0. The fraction of sp³-hybridized carbons (Fsp3) is 0.571. The molecule has 0 radical (unpaired) electrons. The van der Waals surface area contributed by atoms with Crippen molar-refractivity contribution in [3.05, 3.63) is 29.3 Å². The number of hydrogen-bond donors (Lipinski definition) is 2. The van der Waals surface area contributed by atoms with Gasteiger partial charge in [-0.05, 0) is 40.4 Å². The molecule has 0 aliphatic heterocycles. The highest BCUT2D eigenvalue weighted by molar-refractivity contribution is 5.39. The molecule has 0 spiro atoms. The number of aryl methyl sites for hydroxylation is 1. The summed E-state index contributed by atoms with van der Waals surface area (Å²) < 4.78 is 0. The average Bonchev–Trinajstić information content (AvgIpc) is 2.24. The molecule has 0 unspecified atom stereocenters. The van der Waals surface area contributed by atoms with Crippen molar-refractivity contribution in [2.75, 3.05) is 20.6 Å². The van der Waals surface area contributed by atoms with Crippen molar-refractivity contribution in [3.8, 4) is 5.75 Å². The number of aromatic hydroxyl groups is 1. The summed E-state index contributed by atoms with van der Waals surface area (Å²) in [4.78, 5) is 2.19. The van der Waals surface area contributed by atoms with Crippen LogP contribution in [0.1, 0.15) is 25.0 Å². The molecule has 0 saturated heterocycles. The first-order valence-electron chi connectivity index (χ1n) is 6.00. The van der Waals surface area contributed by atoms with Gasteiger partial charge in [0.25, 0.3) is 0 Å². The van der Waals surface area contributed by atoms with E-state index in [1.807, 2.05) is 25.1 Å². The van der Waals surface area contributed by atoms with Gasteiger partial charge in [-0.15, -0.1) is 0 Å². The van der Waals surface area contributed by atoms with Gasteiger partial charge in [0.15, 0.2) is 0 Å². The minimum absolute atomic E-state index is 0.111. The van der Waals surface area contributed by atoms with Crippen molar-refractivity contribution in [3.63, 3.8) is 0 Å². The summed E-state index contributed by atoms with van der Waals surface area (Å²) in [5.74, 6) is 0.405. The summed E-state index contributed by atoms with van der Waals surface area (Å²) in [5.41, 5.74) is 2.00. The molecule has 3 heteroatoms. The van der Waals surface area contributed by atoms with Crippen molar-refractivity contribution in [2.45, 2.75) is 32.9 Å². The Bertz CT molecular complexity index is 372. The molecule has 3 nitrogen and oxygen atoms in total. The quantitative estimate of drug-likeness (QED) is 0.822. The van der Waals surface area contributed by atoms with E-state index >= 15 is 0 Å². The summed E-state index contributed by atoms with van der Waals surface area (Å²) in [6.45, 7) is 7.88. The van der Waals surface area contributed by atoms with Gasteiger partial charge in [0, 0.05) is 24.2 Å². The molecular formula is C14H24N2O. The first kappa shape index (κ1) is 14.0. The standard InChI is InChI=1S/C14H24N2O/c1-11-7-6-8-12(13(11)17)9-15-10-14(2,3)16(4)5/h6-8,15,17H,9-10H2,1-5H3. The van der Waals surface area contributed by atoms with Gasteiger partial charge in [0.05, 0.1) is 0 Å². The predicted molar refractivity (Wildman–Crippen MR) is 72.3 cm³/mol. The number of nitrogens with one attached hydrogen (secondary N) is 1. The second kappa shape index (κ2) is 5.52. The van der Waals surface area contributed by atoms with Crippen molar-refractivity contribution in [1.82, 2.24) is 10.2 Å². The maximum atomic E-state index is 9.89. The van der Waals surface area contributed by atoms with Gasteiger partial charge in [0.2, 0.25) is 0 Å². The van der Waals surface area contributed by atoms with Crippen molar-refractivity contribution < 1.29 is 5.11 Å². The van der Waals surface area contributed by atoms with Crippen LogP contribution < -0.4 is 5.32 Å². The molecule has 0 aliphatic rings. The summed E-state index contributed by atoms with van der Waals surface area (Å²) in [7, 11) is 4.15. The zero-order valence-electron chi connectivity index (χ0n) is 11.5. The summed E-state index contributed by atoms with van der Waals surface area (Å²) in [6, 6.07) is 5.85. The Labute approximate surface area is 104 Å². The second-order valence-electron chi connectivity index (χ2n) is 5.39. The molecule has 0 amide bonds. The maximum Gasteiger partial charge on any atom is 0.122 e. The molecule has 0 aromatic heterocycles. The van der Waals surface area contributed by atoms with Crippen LogP contribution in [-0.2, 0) is 6.54 Å². The molecule has 96 valence electrons. The molecule has 0 bridgehead atoms. The summed E-state index contributed by atoms with van der Waals surface area (Å²) in [5, 5.41) is 13.3. The third kappa shape index (κ3) is 3.72. The molecular weight excluding hydrogens is 212 g/mol. The van der Waals surface area contributed by atoms with Crippen LogP contribution >= 0.6 is 0 Å². The smallest absolute Gasteiger partial charge is 0.122 e. The molecule has 17 heavy (non-hydrogen) atoms. The lowest BCUT2D eigenvalue weighted by Gasteiger charge is -2.32. The van der Waals surface area contributed by atoms with Crippen LogP contribution in [0.5, 0.6) is 5.75 Å². The second-order valence-corrected chi connectivity index (χ2v) is 5.39. The van der Waals surface area contributed by atoms with Gasteiger partial charge in [-0.1, -0.05) is 18.2 Å². The van der Waals surface area contributed by atoms with Gasteiger partial charge in [-0.3, -0.25) is 0 Å². The lowest BCUT2D eigenvalue weighted by Crippen LogP contribution is -2.46. The molecule has 0 atom stereocenters. The fourth-order valence-electron chi connectivity index (χ4n) is 1.52. The van der Waals surface area contributed by atoms with Crippen LogP contribution in [0.15, 0.2) is 18.2 Å². The van der Waals surface area contributed by atoms with E-state index in [9.17, 15) is 5.11 Å². The predicted octanol–water partition coefficient (Wildman–Crippen LogP) is 2.13. The van der Waals surface area contributed by atoms with E-state index in [4.69, 9.17) is 0 Å². The highest BCUT2D eigenvalue weighted by atomic mass is 16.3. The number of phenols is 1. The Balaban J connectivity index is 2.55. The third-order valence-electron chi connectivity index (χ3n) is 3.41. The Morgan fingerprint density at radius 1 is 1.29 bits per heavy atom. The first-order chi connectivity index (χ1) is 7.84. The van der Waals surface area contributed by atoms with E-state index in [-0.39, 0.29) is 5.54 Å². The van der Waals surface area contributed by atoms with Crippen LogP contribution in [0.3, 0.4) is 0 Å². The Hall–Kier alpha value is -1.06. The van der Waals surface area contributed by atoms with Gasteiger partial charge in [0.1, 0.15) is 5.75 Å². The van der Waals surface area contributed by atoms with Gasteiger partial charge in [-0.25, -0.2) is 0 Å². The molecule has 1 aromatic rings. The fourth-order valence-corrected chi connectivity index (χ4v) is 1.52. The molecule has 0 heterocycles. The number of likely N-dealkylation sites (N-methyl/N-ethyl adjacent to an activating group) is 1. The normalized spacial score (nSPS) is 12.1. The number of phenolic OH excluding ortho intramolecular Hbond substituents is 1. The third-order valence-corrected chi connectivity index (χ3v) is 3.41. The number of nitrogens with zero attached hydrogens (tertiary/aromatic N) is 1. The Morgan fingerprint density at radius 2 is 1.94 bits per heavy atom. The first-order valence-corrected chi connectivity index (χ1v) is 6.00. The molecule has 2 N–H and O–H groups in total. The number of benzene rings is 1.